The number of benzene rings is 3. The van der Waals surface area contributed by atoms with Crippen LogP contribution in [0.4, 0.5) is 5.69 Å². The van der Waals surface area contributed by atoms with Gasteiger partial charge in [0.05, 0.1) is 11.4 Å². The van der Waals surface area contributed by atoms with E-state index in [1.807, 2.05) is 82.5 Å². The van der Waals surface area contributed by atoms with E-state index in [-0.39, 0.29) is 5.91 Å². The summed E-state index contributed by atoms with van der Waals surface area (Å²) in [6.07, 6.45) is 5.57. The van der Waals surface area contributed by atoms with Gasteiger partial charge in [0.25, 0.3) is 0 Å². The Morgan fingerprint density at radius 1 is 0.829 bits per heavy atom. The summed E-state index contributed by atoms with van der Waals surface area (Å²) >= 11 is 0. The van der Waals surface area contributed by atoms with Crippen LogP contribution in [0.15, 0.2) is 91.1 Å². The Morgan fingerprint density at radius 2 is 1.51 bits per heavy atom. The molecule has 176 valence electrons. The first kappa shape index (κ1) is 22.7. The molecule has 1 amide bonds. The number of hydrogen-bond acceptors (Lipinski definition) is 3. The lowest BCUT2D eigenvalue weighted by atomic mass is 10.1. The maximum atomic E-state index is 13.1. The number of aryl methyl sites for hydroxylation is 1. The average molecular weight is 463 g/mol. The summed E-state index contributed by atoms with van der Waals surface area (Å²) < 4.78 is 1.87. The van der Waals surface area contributed by atoms with Crippen LogP contribution in [-0.4, -0.2) is 46.8 Å². The number of hydrogen-bond donors (Lipinski definition) is 0. The second-order valence-electron chi connectivity index (χ2n) is 8.94. The van der Waals surface area contributed by atoms with Crippen LogP contribution in [0.25, 0.3) is 23.0 Å². The standard InChI is InChI=1S/C30H30N4O/c1-23-10-9-15-28(24(23)2)32-18-20-33(21-19-32)29(35)17-16-26-22-34(27-13-7-4-8-14-27)31-30(26)25-11-5-3-6-12-25/h3-17,22H,18-21H2,1-2H3/b17-16+. The van der Waals surface area contributed by atoms with Crippen molar-refractivity contribution < 1.29 is 4.79 Å². The maximum absolute atomic E-state index is 13.1. The van der Waals surface area contributed by atoms with Crippen LogP contribution < -0.4 is 4.90 Å². The van der Waals surface area contributed by atoms with Crippen LogP contribution in [0, 0.1) is 13.8 Å². The molecule has 2 heterocycles. The van der Waals surface area contributed by atoms with Crippen molar-refractivity contribution in [3.63, 3.8) is 0 Å². The third-order valence-electron chi connectivity index (χ3n) is 6.72. The Hall–Kier alpha value is -4.12. The van der Waals surface area contributed by atoms with E-state index in [0.29, 0.717) is 13.1 Å². The molecule has 1 aromatic heterocycles. The van der Waals surface area contributed by atoms with Crippen molar-refractivity contribution in [2.45, 2.75) is 13.8 Å². The molecule has 0 radical (unpaired) electrons. The molecule has 5 rings (SSSR count). The normalized spacial score (nSPS) is 14.0. The van der Waals surface area contributed by atoms with Crippen molar-refractivity contribution in [1.82, 2.24) is 14.7 Å². The third-order valence-corrected chi connectivity index (χ3v) is 6.72. The zero-order valence-corrected chi connectivity index (χ0v) is 20.3. The number of carbonyl (C=O) groups excluding carboxylic acids is 1. The molecule has 0 unspecified atom stereocenters. The first-order valence-corrected chi connectivity index (χ1v) is 12.1. The van der Waals surface area contributed by atoms with Gasteiger partial charge < -0.3 is 9.80 Å². The number of amides is 1. The van der Waals surface area contributed by atoms with Crippen LogP contribution in [0.2, 0.25) is 0 Å². The monoisotopic (exact) mass is 462 g/mol. The molecule has 1 aliphatic heterocycles. The molecular formula is C30H30N4O. The zero-order valence-electron chi connectivity index (χ0n) is 20.3. The smallest absolute Gasteiger partial charge is 0.246 e. The lowest BCUT2D eigenvalue weighted by molar-refractivity contribution is -0.126. The number of para-hydroxylation sites is 1. The van der Waals surface area contributed by atoms with Gasteiger partial charge in [-0.1, -0.05) is 60.7 Å². The number of rotatable bonds is 5. The fourth-order valence-corrected chi connectivity index (χ4v) is 4.56. The summed E-state index contributed by atoms with van der Waals surface area (Å²) in [4.78, 5) is 17.4. The van der Waals surface area contributed by atoms with E-state index in [1.54, 1.807) is 6.08 Å². The second kappa shape index (κ2) is 10.0. The summed E-state index contributed by atoms with van der Waals surface area (Å²) in [7, 11) is 0. The molecule has 1 fully saturated rings. The third kappa shape index (κ3) is 4.90. The highest BCUT2D eigenvalue weighted by molar-refractivity contribution is 5.93. The van der Waals surface area contributed by atoms with E-state index >= 15 is 0 Å². The molecule has 0 atom stereocenters. The van der Waals surface area contributed by atoms with Crippen LogP contribution in [-0.2, 0) is 4.79 Å². The number of piperazine rings is 1. The van der Waals surface area contributed by atoms with Gasteiger partial charge in [-0.2, -0.15) is 5.10 Å². The van der Waals surface area contributed by atoms with Gasteiger partial charge in [-0.05, 0) is 49.2 Å². The molecule has 35 heavy (non-hydrogen) atoms. The Labute approximate surface area is 206 Å². The summed E-state index contributed by atoms with van der Waals surface area (Å²) in [5.41, 5.74) is 7.68. The highest BCUT2D eigenvalue weighted by Gasteiger charge is 2.21. The quantitative estimate of drug-likeness (QED) is 0.367. The first-order chi connectivity index (χ1) is 17.1. The van der Waals surface area contributed by atoms with E-state index in [4.69, 9.17) is 5.10 Å². The minimum Gasteiger partial charge on any atom is -0.368 e. The molecule has 0 bridgehead atoms. The van der Waals surface area contributed by atoms with Gasteiger partial charge in [-0.15, -0.1) is 0 Å². The first-order valence-electron chi connectivity index (χ1n) is 12.1. The van der Waals surface area contributed by atoms with Crippen molar-refractivity contribution in [2.24, 2.45) is 0 Å². The van der Waals surface area contributed by atoms with Crippen LogP contribution in [0.1, 0.15) is 16.7 Å². The van der Waals surface area contributed by atoms with Crippen LogP contribution >= 0.6 is 0 Å². The van der Waals surface area contributed by atoms with Gasteiger partial charge in [0, 0.05) is 55.3 Å². The Kier molecular flexibility index (Phi) is 6.49. The lowest BCUT2D eigenvalue weighted by Crippen LogP contribution is -2.48. The van der Waals surface area contributed by atoms with Crippen LogP contribution in [0.5, 0.6) is 0 Å². The summed E-state index contributed by atoms with van der Waals surface area (Å²) in [6.45, 7) is 7.42. The molecule has 0 spiro atoms. The highest BCUT2D eigenvalue weighted by Crippen LogP contribution is 2.26. The van der Waals surface area contributed by atoms with E-state index < -0.39 is 0 Å². The van der Waals surface area contributed by atoms with Gasteiger partial charge in [-0.25, -0.2) is 4.68 Å². The van der Waals surface area contributed by atoms with Crippen molar-refractivity contribution in [3.05, 3.63) is 108 Å². The fraction of sp³-hybridized carbons (Fsp3) is 0.200. The van der Waals surface area contributed by atoms with Gasteiger partial charge in [0.2, 0.25) is 5.91 Å². The summed E-state index contributed by atoms with van der Waals surface area (Å²) in [5.74, 6) is 0.0390. The van der Waals surface area contributed by atoms with Crippen molar-refractivity contribution in [2.75, 3.05) is 31.1 Å². The van der Waals surface area contributed by atoms with E-state index in [0.717, 1.165) is 35.6 Å². The van der Waals surface area contributed by atoms with Crippen molar-refractivity contribution in [3.8, 4) is 16.9 Å². The number of nitrogens with zero attached hydrogens (tertiary/aromatic N) is 4. The molecule has 1 saturated heterocycles. The topological polar surface area (TPSA) is 41.4 Å². The van der Waals surface area contributed by atoms with E-state index in [2.05, 4.69) is 36.9 Å². The Morgan fingerprint density at radius 3 is 2.23 bits per heavy atom. The molecular weight excluding hydrogens is 432 g/mol. The SMILES string of the molecule is Cc1cccc(N2CCN(C(=O)/C=C/c3cn(-c4ccccc4)nc3-c3ccccc3)CC2)c1C. The van der Waals surface area contributed by atoms with Crippen LogP contribution in [0.3, 0.4) is 0 Å². The Bertz CT molecular complexity index is 1330. The number of anilines is 1. The summed E-state index contributed by atoms with van der Waals surface area (Å²) in [6, 6.07) is 26.6. The predicted molar refractivity (Wildman–Crippen MR) is 143 cm³/mol. The minimum absolute atomic E-state index is 0.0390. The molecule has 1 aliphatic rings. The molecule has 5 heteroatoms. The van der Waals surface area contributed by atoms with Gasteiger partial charge in [0.1, 0.15) is 0 Å². The lowest BCUT2D eigenvalue weighted by Gasteiger charge is -2.36. The maximum Gasteiger partial charge on any atom is 0.246 e. The zero-order chi connectivity index (χ0) is 24.2. The fourth-order valence-electron chi connectivity index (χ4n) is 4.56. The van der Waals surface area contributed by atoms with E-state index in [1.165, 1.54) is 16.8 Å². The average Bonchev–Trinajstić information content (AvgIpc) is 3.34. The Balaban J connectivity index is 1.33. The minimum atomic E-state index is 0.0390. The van der Waals surface area contributed by atoms with Crippen molar-refractivity contribution in [1.29, 1.82) is 0 Å². The molecule has 5 nitrogen and oxygen atoms in total. The van der Waals surface area contributed by atoms with Gasteiger partial charge in [0.15, 0.2) is 0 Å². The number of aromatic nitrogens is 2. The molecule has 3 aromatic carbocycles. The van der Waals surface area contributed by atoms with E-state index in [9.17, 15) is 4.79 Å². The highest BCUT2D eigenvalue weighted by atomic mass is 16.2. The summed E-state index contributed by atoms with van der Waals surface area (Å²) in [5, 5.41) is 4.83. The molecule has 0 saturated carbocycles. The largest absolute Gasteiger partial charge is 0.368 e. The predicted octanol–water partition coefficient (Wildman–Crippen LogP) is 5.52. The molecule has 0 N–H and O–H groups in total. The van der Waals surface area contributed by atoms with Gasteiger partial charge >= 0.3 is 0 Å². The van der Waals surface area contributed by atoms with Crippen molar-refractivity contribution >= 4 is 17.7 Å². The number of carbonyl (C=O) groups is 1. The van der Waals surface area contributed by atoms with Gasteiger partial charge in [-0.3, -0.25) is 4.79 Å². The second-order valence-corrected chi connectivity index (χ2v) is 8.94. The molecule has 4 aromatic rings. The molecule has 0 aliphatic carbocycles.